The molecule has 0 radical (unpaired) electrons. The normalized spacial score (nSPS) is 19.4. The molecule has 0 spiro atoms. The maximum atomic E-state index is 12.7. The van der Waals surface area contributed by atoms with Crippen LogP contribution in [0, 0.1) is 18.8 Å². The first-order chi connectivity index (χ1) is 12.9. The van der Waals surface area contributed by atoms with Crippen LogP contribution in [-0.4, -0.2) is 11.8 Å². The summed E-state index contributed by atoms with van der Waals surface area (Å²) in [5.74, 6) is -0.250. The smallest absolute Gasteiger partial charge is 0.228 e. The van der Waals surface area contributed by atoms with E-state index in [1.807, 2.05) is 62.4 Å². The summed E-state index contributed by atoms with van der Waals surface area (Å²) in [5.41, 5.74) is 4.13. The second-order valence-electron chi connectivity index (χ2n) is 7.77. The second-order valence-corrected chi connectivity index (χ2v) is 7.77. The lowest BCUT2D eigenvalue weighted by molar-refractivity contribution is -0.125. The second kappa shape index (κ2) is 7.95. The Morgan fingerprint density at radius 3 is 2.26 bits per heavy atom. The molecule has 3 unspecified atom stereocenters. The molecule has 142 valence electrons. The van der Waals surface area contributed by atoms with Gasteiger partial charge < -0.3 is 10.6 Å². The van der Waals surface area contributed by atoms with Gasteiger partial charge in [0.15, 0.2) is 0 Å². The van der Waals surface area contributed by atoms with Gasteiger partial charge in [0, 0.05) is 5.69 Å². The van der Waals surface area contributed by atoms with Crippen molar-refractivity contribution in [3.8, 4) is 0 Å². The fourth-order valence-electron chi connectivity index (χ4n) is 3.48. The van der Waals surface area contributed by atoms with Crippen molar-refractivity contribution in [2.24, 2.45) is 11.8 Å². The zero-order chi connectivity index (χ0) is 19.6. The van der Waals surface area contributed by atoms with Crippen LogP contribution < -0.4 is 10.6 Å². The molecule has 27 heavy (non-hydrogen) atoms. The molecule has 2 aromatic carbocycles. The van der Waals surface area contributed by atoms with E-state index in [1.54, 1.807) is 0 Å². The van der Waals surface area contributed by atoms with Crippen LogP contribution in [0.15, 0.2) is 48.5 Å². The summed E-state index contributed by atoms with van der Waals surface area (Å²) in [6.45, 7) is 8.19. The first-order valence-corrected chi connectivity index (χ1v) is 9.64. The van der Waals surface area contributed by atoms with Crippen molar-refractivity contribution in [1.82, 2.24) is 5.32 Å². The molecule has 4 nitrogen and oxygen atoms in total. The quantitative estimate of drug-likeness (QED) is 0.789. The van der Waals surface area contributed by atoms with Crippen molar-refractivity contribution in [3.63, 3.8) is 0 Å². The Morgan fingerprint density at radius 1 is 0.926 bits per heavy atom. The average molecular weight is 364 g/mol. The number of carbonyl (C=O) groups is 2. The highest BCUT2D eigenvalue weighted by atomic mass is 16.2. The lowest BCUT2D eigenvalue weighted by atomic mass is 9.98. The van der Waals surface area contributed by atoms with E-state index >= 15 is 0 Å². The molecular formula is C23H28N2O2. The van der Waals surface area contributed by atoms with Crippen molar-refractivity contribution in [2.45, 2.75) is 46.1 Å². The molecule has 0 aromatic heterocycles. The lowest BCUT2D eigenvalue weighted by Crippen LogP contribution is -2.30. The van der Waals surface area contributed by atoms with E-state index in [1.165, 1.54) is 0 Å². The molecule has 1 aliphatic rings. The van der Waals surface area contributed by atoms with Gasteiger partial charge in [0.2, 0.25) is 11.8 Å². The maximum Gasteiger partial charge on any atom is 0.228 e. The number of hydrogen-bond donors (Lipinski definition) is 2. The Balaban J connectivity index is 1.60. The monoisotopic (exact) mass is 364 g/mol. The molecule has 4 heteroatoms. The summed E-state index contributed by atoms with van der Waals surface area (Å²) in [6, 6.07) is 15.9. The standard InChI is InChI=1S/C23H28N2O2/c1-14(2)18-12-8-9-15(3)21(18)25-23(27)20-13-19(20)22(26)24-16(4)17-10-6-5-7-11-17/h5-12,14,16,19-20H,13H2,1-4H3,(H,24,26)(H,25,27). The number of amides is 2. The number of para-hydroxylation sites is 1. The van der Waals surface area contributed by atoms with E-state index < -0.39 is 0 Å². The van der Waals surface area contributed by atoms with Gasteiger partial charge in [0.1, 0.15) is 0 Å². The lowest BCUT2D eigenvalue weighted by Gasteiger charge is -2.17. The molecule has 2 N–H and O–H groups in total. The van der Waals surface area contributed by atoms with E-state index in [-0.39, 0.29) is 29.7 Å². The number of aryl methyl sites for hydroxylation is 1. The summed E-state index contributed by atoms with van der Waals surface area (Å²) >= 11 is 0. The Hall–Kier alpha value is -2.62. The van der Waals surface area contributed by atoms with Crippen molar-refractivity contribution in [2.75, 3.05) is 5.32 Å². The molecular weight excluding hydrogens is 336 g/mol. The Morgan fingerprint density at radius 2 is 1.59 bits per heavy atom. The first kappa shape index (κ1) is 19.2. The molecule has 3 atom stereocenters. The zero-order valence-electron chi connectivity index (χ0n) is 16.5. The van der Waals surface area contributed by atoms with Gasteiger partial charge in [-0.15, -0.1) is 0 Å². The molecule has 1 fully saturated rings. The Bertz CT molecular complexity index is 830. The largest absolute Gasteiger partial charge is 0.349 e. The summed E-state index contributed by atoms with van der Waals surface area (Å²) in [5, 5.41) is 6.10. The van der Waals surface area contributed by atoms with Gasteiger partial charge in [-0.3, -0.25) is 9.59 Å². The zero-order valence-corrected chi connectivity index (χ0v) is 16.5. The van der Waals surface area contributed by atoms with Gasteiger partial charge in [-0.25, -0.2) is 0 Å². The summed E-state index contributed by atoms with van der Waals surface area (Å²) in [7, 11) is 0. The van der Waals surface area contributed by atoms with Crippen LogP contribution in [0.3, 0.4) is 0 Å². The molecule has 2 amide bonds. The average Bonchev–Trinajstić information content (AvgIpc) is 3.45. The summed E-state index contributed by atoms with van der Waals surface area (Å²) in [4.78, 5) is 25.2. The van der Waals surface area contributed by atoms with Crippen LogP contribution in [0.1, 0.15) is 55.8 Å². The minimum absolute atomic E-state index is 0.0413. The molecule has 1 aliphatic carbocycles. The Labute approximate surface area is 161 Å². The molecule has 3 rings (SSSR count). The summed E-state index contributed by atoms with van der Waals surface area (Å²) in [6.07, 6.45) is 0.613. The minimum atomic E-state index is -0.243. The van der Waals surface area contributed by atoms with E-state index in [9.17, 15) is 9.59 Å². The van der Waals surface area contributed by atoms with Gasteiger partial charge in [0.25, 0.3) is 0 Å². The first-order valence-electron chi connectivity index (χ1n) is 9.64. The molecule has 2 aromatic rings. The number of rotatable bonds is 6. The highest BCUT2D eigenvalue weighted by Crippen LogP contribution is 2.40. The minimum Gasteiger partial charge on any atom is -0.349 e. The number of nitrogens with one attached hydrogen (secondary N) is 2. The third-order valence-corrected chi connectivity index (χ3v) is 5.30. The SMILES string of the molecule is Cc1cccc(C(C)C)c1NC(=O)C1CC1C(=O)NC(C)c1ccccc1. The van der Waals surface area contributed by atoms with Crippen LogP contribution in [0.5, 0.6) is 0 Å². The fraction of sp³-hybridized carbons (Fsp3) is 0.391. The topological polar surface area (TPSA) is 58.2 Å². The van der Waals surface area contributed by atoms with Crippen molar-refractivity contribution < 1.29 is 9.59 Å². The number of hydrogen-bond acceptors (Lipinski definition) is 2. The molecule has 0 bridgehead atoms. The molecule has 1 saturated carbocycles. The van der Waals surface area contributed by atoms with E-state index in [4.69, 9.17) is 0 Å². The van der Waals surface area contributed by atoms with Crippen LogP contribution in [0.2, 0.25) is 0 Å². The predicted octanol–water partition coefficient (Wildman–Crippen LogP) is 4.57. The number of carbonyl (C=O) groups excluding carboxylic acids is 2. The van der Waals surface area contributed by atoms with Gasteiger partial charge >= 0.3 is 0 Å². The van der Waals surface area contributed by atoms with E-state index in [2.05, 4.69) is 24.5 Å². The van der Waals surface area contributed by atoms with Crippen LogP contribution in [0.25, 0.3) is 0 Å². The van der Waals surface area contributed by atoms with Gasteiger partial charge in [0.05, 0.1) is 17.9 Å². The van der Waals surface area contributed by atoms with Gasteiger partial charge in [-0.1, -0.05) is 62.4 Å². The van der Waals surface area contributed by atoms with Crippen molar-refractivity contribution in [3.05, 3.63) is 65.2 Å². The summed E-state index contributed by atoms with van der Waals surface area (Å²) < 4.78 is 0. The maximum absolute atomic E-state index is 12.7. The Kier molecular flexibility index (Phi) is 5.64. The van der Waals surface area contributed by atoms with Gasteiger partial charge in [-0.05, 0) is 42.9 Å². The van der Waals surface area contributed by atoms with Crippen LogP contribution in [0.4, 0.5) is 5.69 Å². The third-order valence-electron chi connectivity index (χ3n) is 5.30. The molecule has 0 heterocycles. The molecule has 0 aliphatic heterocycles. The van der Waals surface area contributed by atoms with Gasteiger partial charge in [-0.2, -0.15) is 0 Å². The van der Waals surface area contributed by atoms with E-state index in [0.717, 1.165) is 22.4 Å². The highest BCUT2D eigenvalue weighted by Gasteiger charge is 2.48. The number of anilines is 1. The third kappa shape index (κ3) is 4.38. The van der Waals surface area contributed by atoms with Crippen molar-refractivity contribution >= 4 is 17.5 Å². The number of benzene rings is 2. The highest BCUT2D eigenvalue weighted by molar-refractivity contribution is 6.00. The predicted molar refractivity (Wildman–Crippen MR) is 108 cm³/mol. The fourth-order valence-corrected chi connectivity index (χ4v) is 3.48. The van der Waals surface area contributed by atoms with Crippen LogP contribution >= 0.6 is 0 Å². The van der Waals surface area contributed by atoms with Crippen molar-refractivity contribution in [1.29, 1.82) is 0 Å². The van der Waals surface area contributed by atoms with E-state index in [0.29, 0.717) is 12.3 Å². The van der Waals surface area contributed by atoms with Crippen LogP contribution in [-0.2, 0) is 9.59 Å². The molecule has 0 saturated heterocycles.